The number of hydrogen-bond acceptors (Lipinski definition) is 2. The summed E-state index contributed by atoms with van der Waals surface area (Å²) in [6.07, 6.45) is 2.05. The molecule has 4 heteroatoms. The van der Waals surface area contributed by atoms with E-state index in [0.717, 1.165) is 34.7 Å². The topological polar surface area (TPSA) is 43.8 Å². The summed E-state index contributed by atoms with van der Waals surface area (Å²) in [6, 6.07) is 5.85. The van der Waals surface area contributed by atoms with Gasteiger partial charge in [0, 0.05) is 13.5 Å². The third-order valence-electron chi connectivity index (χ3n) is 3.55. The van der Waals surface area contributed by atoms with Gasteiger partial charge in [0.25, 0.3) is 0 Å². The first kappa shape index (κ1) is 14.4. The largest absolute Gasteiger partial charge is 0.330 e. The lowest BCUT2D eigenvalue weighted by Crippen LogP contribution is -2.20. The summed E-state index contributed by atoms with van der Waals surface area (Å²) in [4.78, 5) is 4.69. The Balaban J connectivity index is 2.30. The summed E-state index contributed by atoms with van der Waals surface area (Å²) in [7, 11) is 2.03. The van der Waals surface area contributed by atoms with E-state index in [1.165, 1.54) is 0 Å². The van der Waals surface area contributed by atoms with Crippen molar-refractivity contribution in [1.82, 2.24) is 9.55 Å². The first-order valence-corrected chi connectivity index (χ1v) is 7.20. The number of benzene rings is 1. The lowest BCUT2D eigenvalue weighted by atomic mass is 9.94. The molecule has 2 rings (SSSR count). The van der Waals surface area contributed by atoms with Crippen molar-refractivity contribution < 1.29 is 0 Å². The van der Waals surface area contributed by atoms with Crippen LogP contribution in [0.4, 0.5) is 0 Å². The van der Waals surface area contributed by atoms with Gasteiger partial charge in [-0.1, -0.05) is 31.5 Å². The van der Waals surface area contributed by atoms with Crippen molar-refractivity contribution in [2.24, 2.45) is 24.6 Å². The van der Waals surface area contributed by atoms with E-state index >= 15 is 0 Å². The molecule has 2 N–H and O–H groups in total. The van der Waals surface area contributed by atoms with Crippen LogP contribution in [0.3, 0.4) is 0 Å². The second-order valence-corrected chi connectivity index (χ2v) is 6.04. The van der Waals surface area contributed by atoms with Crippen molar-refractivity contribution in [3.8, 4) is 0 Å². The summed E-state index contributed by atoms with van der Waals surface area (Å²) in [5.41, 5.74) is 7.86. The van der Waals surface area contributed by atoms with Gasteiger partial charge in [0.15, 0.2) is 0 Å². The molecule has 1 aromatic carbocycles. The number of aromatic nitrogens is 2. The van der Waals surface area contributed by atoms with Crippen LogP contribution in [-0.2, 0) is 13.5 Å². The van der Waals surface area contributed by atoms with E-state index in [1.54, 1.807) is 0 Å². The van der Waals surface area contributed by atoms with Crippen LogP contribution in [0.25, 0.3) is 11.0 Å². The smallest absolute Gasteiger partial charge is 0.109 e. The van der Waals surface area contributed by atoms with Crippen molar-refractivity contribution in [1.29, 1.82) is 0 Å². The number of imidazole rings is 1. The Hall–Kier alpha value is -1.06. The molecule has 0 fully saturated rings. The fraction of sp³-hybridized carbons (Fsp3) is 0.533. The normalized spacial score (nSPS) is 13.4. The first-order valence-electron chi connectivity index (χ1n) is 6.82. The van der Waals surface area contributed by atoms with Gasteiger partial charge >= 0.3 is 0 Å². The number of para-hydroxylation sites is 1. The van der Waals surface area contributed by atoms with E-state index in [0.29, 0.717) is 18.4 Å². The van der Waals surface area contributed by atoms with Gasteiger partial charge in [0.05, 0.1) is 16.1 Å². The Morgan fingerprint density at radius 1 is 1.37 bits per heavy atom. The fourth-order valence-corrected chi connectivity index (χ4v) is 2.94. The Bertz CT molecular complexity index is 560. The molecule has 0 amide bonds. The van der Waals surface area contributed by atoms with Gasteiger partial charge < -0.3 is 10.3 Å². The number of nitrogens with two attached hydrogens (primary N) is 1. The Labute approximate surface area is 119 Å². The second-order valence-electron chi connectivity index (χ2n) is 5.63. The van der Waals surface area contributed by atoms with Gasteiger partial charge in [-0.05, 0) is 36.9 Å². The van der Waals surface area contributed by atoms with E-state index in [1.807, 2.05) is 25.2 Å². The predicted molar refractivity (Wildman–Crippen MR) is 81.4 cm³/mol. The molecule has 3 nitrogen and oxygen atoms in total. The van der Waals surface area contributed by atoms with Crippen LogP contribution in [0.5, 0.6) is 0 Å². The highest BCUT2D eigenvalue weighted by Gasteiger charge is 2.16. The molecule has 1 atom stereocenters. The summed E-state index contributed by atoms with van der Waals surface area (Å²) in [5.74, 6) is 2.21. The van der Waals surface area contributed by atoms with Gasteiger partial charge in [-0.25, -0.2) is 4.98 Å². The van der Waals surface area contributed by atoms with E-state index in [4.69, 9.17) is 22.3 Å². The van der Waals surface area contributed by atoms with E-state index in [2.05, 4.69) is 18.4 Å². The number of fused-ring (bicyclic) bond motifs is 1. The number of rotatable bonds is 5. The molecule has 0 aliphatic heterocycles. The number of halogens is 1. The van der Waals surface area contributed by atoms with Crippen LogP contribution < -0.4 is 5.73 Å². The third-order valence-corrected chi connectivity index (χ3v) is 3.85. The third kappa shape index (κ3) is 3.10. The highest BCUT2D eigenvalue weighted by atomic mass is 35.5. The minimum atomic E-state index is 0.481. The van der Waals surface area contributed by atoms with Crippen molar-refractivity contribution in [3.63, 3.8) is 0 Å². The molecule has 0 saturated carbocycles. The minimum Gasteiger partial charge on any atom is -0.330 e. The molecular formula is C15H22ClN3. The highest BCUT2D eigenvalue weighted by Crippen LogP contribution is 2.25. The SMILES string of the molecule is CC(C)CC(CN)Cc1nc2cccc(Cl)c2n1C. The van der Waals surface area contributed by atoms with Crippen LogP contribution in [0.1, 0.15) is 26.1 Å². The van der Waals surface area contributed by atoms with Crippen molar-refractivity contribution in [2.75, 3.05) is 6.54 Å². The maximum absolute atomic E-state index is 6.24. The number of hydrogen-bond donors (Lipinski definition) is 1. The molecule has 19 heavy (non-hydrogen) atoms. The average molecular weight is 280 g/mol. The minimum absolute atomic E-state index is 0.481. The van der Waals surface area contributed by atoms with Crippen molar-refractivity contribution >= 4 is 22.6 Å². The summed E-state index contributed by atoms with van der Waals surface area (Å²) < 4.78 is 2.10. The standard InChI is InChI=1S/C15H22ClN3/c1-10(2)7-11(9-17)8-14-18-13-6-4-5-12(16)15(13)19(14)3/h4-6,10-11H,7-9,17H2,1-3H3. The summed E-state index contributed by atoms with van der Waals surface area (Å²) >= 11 is 6.24. The zero-order chi connectivity index (χ0) is 14.0. The zero-order valence-electron chi connectivity index (χ0n) is 11.9. The Morgan fingerprint density at radius 2 is 2.11 bits per heavy atom. The Kier molecular flexibility index (Phi) is 4.48. The van der Waals surface area contributed by atoms with E-state index in [-0.39, 0.29) is 0 Å². The molecule has 1 aromatic heterocycles. The average Bonchev–Trinajstić information content (AvgIpc) is 2.66. The van der Waals surface area contributed by atoms with Crippen LogP contribution in [0.2, 0.25) is 5.02 Å². The predicted octanol–water partition coefficient (Wildman–Crippen LogP) is 3.39. The van der Waals surface area contributed by atoms with E-state index < -0.39 is 0 Å². The molecule has 0 saturated heterocycles. The lowest BCUT2D eigenvalue weighted by Gasteiger charge is -2.16. The molecule has 0 aliphatic carbocycles. The molecule has 0 aliphatic rings. The maximum atomic E-state index is 6.24. The molecule has 0 radical (unpaired) electrons. The maximum Gasteiger partial charge on any atom is 0.109 e. The van der Waals surface area contributed by atoms with Crippen molar-refractivity contribution in [3.05, 3.63) is 29.0 Å². The highest BCUT2D eigenvalue weighted by molar-refractivity contribution is 6.35. The second kappa shape index (κ2) is 5.93. The molecule has 1 unspecified atom stereocenters. The van der Waals surface area contributed by atoms with Crippen LogP contribution >= 0.6 is 11.6 Å². The van der Waals surface area contributed by atoms with Gasteiger partial charge in [-0.2, -0.15) is 0 Å². The molecule has 0 spiro atoms. The van der Waals surface area contributed by atoms with Gasteiger partial charge in [-0.3, -0.25) is 0 Å². The van der Waals surface area contributed by atoms with Gasteiger partial charge in [0.2, 0.25) is 0 Å². The van der Waals surface area contributed by atoms with Crippen LogP contribution in [-0.4, -0.2) is 16.1 Å². The first-order chi connectivity index (χ1) is 9.02. The lowest BCUT2D eigenvalue weighted by molar-refractivity contribution is 0.406. The van der Waals surface area contributed by atoms with Gasteiger partial charge in [0.1, 0.15) is 5.82 Å². The molecule has 104 valence electrons. The molecule has 0 bridgehead atoms. The van der Waals surface area contributed by atoms with Gasteiger partial charge in [-0.15, -0.1) is 0 Å². The van der Waals surface area contributed by atoms with Crippen LogP contribution in [0, 0.1) is 11.8 Å². The number of aryl methyl sites for hydroxylation is 1. The molecule has 1 heterocycles. The zero-order valence-corrected chi connectivity index (χ0v) is 12.6. The van der Waals surface area contributed by atoms with Crippen LogP contribution in [0.15, 0.2) is 18.2 Å². The summed E-state index contributed by atoms with van der Waals surface area (Å²) in [6.45, 7) is 5.16. The van der Waals surface area contributed by atoms with E-state index in [9.17, 15) is 0 Å². The quantitative estimate of drug-likeness (QED) is 0.912. The Morgan fingerprint density at radius 3 is 2.68 bits per heavy atom. The molecule has 2 aromatic rings. The summed E-state index contributed by atoms with van der Waals surface area (Å²) in [5, 5.41) is 0.756. The number of nitrogens with zero attached hydrogens (tertiary/aromatic N) is 2. The van der Waals surface area contributed by atoms with Crippen molar-refractivity contribution in [2.45, 2.75) is 26.7 Å². The fourth-order valence-electron chi connectivity index (χ4n) is 2.64. The molecular weight excluding hydrogens is 258 g/mol. The monoisotopic (exact) mass is 279 g/mol.